The minimum atomic E-state index is 0.155. The zero-order valence-corrected chi connectivity index (χ0v) is 12.7. The van der Waals surface area contributed by atoms with Gasteiger partial charge < -0.3 is 10.2 Å². The number of carbonyl (C=O) groups excluding carboxylic acids is 1. The predicted molar refractivity (Wildman–Crippen MR) is 83.2 cm³/mol. The van der Waals surface area contributed by atoms with E-state index in [1.807, 2.05) is 36.2 Å². The van der Waals surface area contributed by atoms with Crippen LogP contribution >= 0.6 is 0 Å². The molecule has 4 heteroatoms. The summed E-state index contributed by atoms with van der Waals surface area (Å²) in [6, 6.07) is 8.22. The smallest absolute Gasteiger partial charge is 0.253 e. The van der Waals surface area contributed by atoms with E-state index in [-0.39, 0.29) is 5.91 Å². The van der Waals surface area contributed by atoms with Crippen molar-refractivity contribution < 1.29 is 4.79 Å². The first kappa shape index (κ1) is 14.9. The highest BCUT2D eigenvalue weighted by atomic mass is 16.2. The molecule has 4 nitrogen and oxygen atoms in total. The molecular formula is C16H25N3O. The fourth-order valence-electron chi connectivity index (χ4n) is 2.93. The summed E-state index contributed by atoms with van der Waals surface area (Å²) in [5.74, 6) is 0.155. The number of rotatable bonds is 5. The second-order valence-electron chi connectivity index (χ2n) is 5.24. The molecule has 0 radical (unpaired) electrons. The summed E-state index contributed by atoms with van der Waals surface area (Å²) < 4.78 is 0. The fraction of sp³-hybridized carbons (Fsp3) is 0.562. The third kappa shape index (κ3) is 3.12. The van der Waals surface area contributed by atoms with Crippen molar-refractivity contribution in [2.45, 2.75) is 26.3 Å². The molecule has 0 aromatic heterocycles. The summed E-state index contributed by atoms with van der Waals surface area (Å²) in [7, 11) is 1.88. The Kier molecular flexibility index (Phi) is 5.01. The van der Waals surface area contributed by atoms with Gasteiger partial charge in [-0.05, 0) is 43.8 Å². The van der Waals surface area contributed by atoms with Crippen LogP contribution in [0, 0.1) is 0 Å². The third-order valence-corrected chi connectivity index (χ3v) is 4.20. The number of nitrogens with one attached hydrogen (secondary N) is 1. The Labute approximate surface area is 121 Å². The van der Waals surface area contributed by atoms with Crippen LogP contribution in [-0.2, 0) is 0 Å². The summed E-state index contributed by atoms with van der Waals surface area (Å²) in [5.41, 5.74) is 1.81. The maximum absolute atomic E-state index is 12.5. The number of amides is 1. The number of benzene rings is 1. The van der Waals surface area contributed by atoms with E-state index in [0.717, 1.165) is 43.9 Å². The predicted octanol–water partition coefficient (Wildman–Crippen LogP) is 2.28. The molecule has 1 atom stereocenters. The lowest BCUT2D eigenvalue weighted by Gasteiger charge is -2.26. The van der Waals surface area contributed by atoms with Crippen LogP contribution in [0.4, 0.5) is 5.69 Å². The van der Waals surface area contributed by atoms with Crippen molar-refractivity contribution >= 4 is 11.6 Å². The van der Waals surface area contributed by atoms with Crippen LogP contribution in [0.15, 0.2) is 24.3 Å². The van der Waals surface area contributed by atoms with Crippen LogP contribution in [0.5, 0.6) is 0 Å². The Balaban J connectivity index is 2.00. The normalized spacial score (nSPS) is 18.6. The number of hydrogen-bond donors (Lipinski definition) is 1. The Morgan fingerprint density at radius 3 is 2.50 bits per heavy atom. The van der Waals surface area contributed by atoms with Crippen LogP contribution in [0.2, 0.25) is 0 Å². The summed E-state index contributed by atoms with van der Waals surface area (Å²) in [6.07, 6.45) is 1.09. The van der Waals surface area contributed by atoms with E-state index < -0.39 is 0 Å². The van der Waals surface area contributed by atoms with Gasteiger partial charge in [0.25, 0.3) is 5.91 Å². The third-order valence-electron chi connectivity index (χ3n) is 4.20. The number of carbonyl (C=O) groups is 1. The van der Waals surface area contributed by atoms with Crippen LogP contribution in [-0.4, -0.2) is 55.0 Å². The maximum atomic E-state index is 12.5. The first-order valence-corrected chi connectivity index (χ1v) is 7.50. The Morgan fingerprint density at radius 2 is 1.95 bits per heavy atom. The SMILES string of the molecule is CCN(CC)C1CCN(C(=O)c2ccc(NC)cc2)C1. The average molecular weight is 275 g/mol. The molecule has 1 aliphatic rings. The second-order valence-corrected chi connectivity index (χ2v) is 5.24. The monoisotopic (exact) mass is 275 g/mol. The van der Waals surface area contributed by atoms with Crippen LogP contribution < -0.4 is 5.32 Å². The van der Waals surface area contributed by atoms with Crippen LogP contribution in [0.3, 0.4) is 0 Å². The number of likely N-dealkylation sites (tertiary alicyclic amines) is 1. The van der Waals surface area contributed by atoms with Gasteiger partial charge >= 0.3 is 0 Å². The lowest BCUT2D eigenvalue weighted by molar-refractivity contribution is 0.0778. The van der Waals surface area contributed by atoms with Crippen molar-refractivity contribution in [1.82, 2.24) is 9.80 Å². The van der Waals surface area contributed by atoms with Crippen LogP contribution in [0.1, 0.15) is 30.6 Å². The van der Waals surface area contributed by atoms with Gasteiger partial charge in [0.2, 0.25) is 0 Å². The van der Waals surface area contributed by atoms with Crippen molar-refractivity contribution in [3.63, 3.8) is 0 Å². The van der Waals surface area contributed by atoms with Crippen molar-refractivity contribution in [2.24, 2.45) is 0 Å². The molecular weight excluding hydrogens is 250 g/mol. The molecule has 0 saturated carbocycles. The van der Waals surface area contributed by atoms with Crippen molar-refractivity contribution in [1.29, 1.82) is 0 Å². The van der Waals surface area contributed by atoms with Gasteiger partial charge in [0.05, 0.1) is 0 Å². The number of hydrogen-bond acceptors (Lipinski definition) is 3. The first-order valence-electron chi connectivity index (χ1n) is 7.50. The molecule has 1 unspecified atom stereocenters. The summed E-state index contributed by atoms with van der Waals surface area (Å²) >= 11 is 0. The molecule has 20 heavy (non-hydrogen) atoms. The van der Waals surface area contributed by atoms with Crippen molar-refractivity contribution in [3.05, 3.63) is 29.8 Å². The molecule has 0 bridgehead atoms. The Bertz CT molecular complexity index is 440. The molecule has 1 aromatic rings. The lowest BCUT2D eigenvalue weighted by Crippen LogP contribution is -2.38. The molecule has 1 amide bonds. The molecule has 1 saturated heterocycles. The van der Waals surface area contributed by atoms with Gasteiger partial charge in [-0.15, -0.1) is 0 Å². The zero-order chi connectivity index (χ0) is 14.5. The van der Waals surface area contributed by atoms with Gasteiger partial charge in [-0.3, -0.25) is 9.69 Å². The maximum Gasteiger partial charge on any atom is 0.253 e. The van der Waals surface area contributed by atoms with Gasteiger partial charge in [-0.1, -0.05) is 13.8 Å². The van der Waals surface area contributed by atoms with E-state index in [9.17, 15) is 4.79 Å². The van der Waals surface area contributed by atoms with Crippen molar-refractivity contribution in [2.75, 3.05) is 38.5 Å². The number of anilines is 1. The zero-order valence-electron chi connectivity index (χ0n) is 12.7. The van der Waals surface area contributed by atoms with E-state index in [1.54, 1.807) is 0 Å². The highest BCUT2D eigenvalue weighted by Crippen LogP contribution is 2.19. The topological polar surface area (TPSA) is 35.6 Å². The van der Waals surface area contributed by atoms with Gasteiger partial charge in [0.15, 0.2) is 0 Å². The van der Waals surface area contributed by atoms with E-state index in [2.05, 4.69) is 24.1 Å². The van der Waals surface area contributed by atoms with Gasteiger partial charge in [0.1, 0.15) is 0 Å². The summed E-state index contributed by atoms with van der Waals surface area (Å²) in [4.78, 5) is 16.9. The average Bonchev–Trinajstić information content (AvgIpc) is 2.97. The largest absolute Gasteiger partial charge is 0.388 e. The highest BCUT2D eigenvalue weighted by Gasteiger charge is 2.29. The number of nitrogens with zero attached hydrogens (tertiary/aromatic N) is 2. The van der Waals surface area contributed by atoms with E-state index in [4.69, 9.17) is 0 Å². The van der Waals surface area contributed by atoms with E-state index in [0.29, 0.717) is 6.04 Å². The molecule has 0 aliphatic carbocycles. The quantitative estimate of drug-likeness (QED) is 0.895. The van der Waals surface area contributed by atoms with Gasteiger partial charge in [-0.2, -0.15) is 0 Å². The molecule has 0 spiro atoms. The number of likely N-dealkylation sites (N-methyl/N-ethyl adjacent to an activating group) is 1. The summed E-state index contributed by atoms with van der Waals surface area (Å²) in [6.45, 7) is 8.21. The van der Waals surface area contributed by atoms with E-state index >= 15 is 0 Å². The molecule has 1 N–H and O–H groups in total. The molecule has 1 fully saturated rings. The highest BCUT2D eigenvalue weighted by molar-refractivity contribution is 5.94. The first-order chi connectivity index (χ1) is 9.69. The minimum absolute atomic E-state index is 0.155. The molecule has 2 rings (SSSR count). The van der Waals surface area contributed by atoms with Gasteiger partial charge in [-0.25, -0.2) is 0 Å². The van der Waals surface area contributed by atoms with Crippen LogP contribution in [0.25, 0.3) is 0 Å². The van der Waals surface area contributed by atoms with E-state index in [1.165, 1.54) is 0 Å². The molecule has 1 aromatic carbocycles. The molecule has 110 valence electrons. The minimum Gasteiger partial charge on any atom is -0.388 e. The fourth-order valence-corrected chi connectivity index (χ4v) is 2.93. The Hall–Kier alpha value is -1.55. The summed E-state index contributed by atoms with van der Waals surface area (Å²) in [5, 5.41) is 3.07. The Morgan fingerprint density at radius 1 is 1.30 bits per heavy atom. The van der Waals surface area contributed by atoms with Gasteiger partial charge in [0, 0.05) is 37.4 Å². The molecule has 1 heterocycles. The molecule has 1 aliphatic heterocycles. The lowest BCUT2D eigenvalue weighted by atomic mass is 10.2. The standard InChI is InChI=1S/C16H25N3O/c1-4-18(5-2)15-10-11-19(12-15)16(20)13-6-8-14(17-3)9-7-13/h6-9,15,17H,4-5,10-12H2,1-3H3. The van der Waals surface area contributed by atoms with Crippen molar-refractivity contribution in [3.8, 4) is 0 Å². The second kappa shape index (κ2) is 6.75.